The number of aromatic nitrogens is 2. The molecule has 0 aliphatic heterocycles. The van der Waals surface area contributed by atoms with Crippen molar-refractivity contribution in [1.29, 1.82) is 0 Å². The molecule has 0 saturated carbocycles. The largest absolute Gasteiger partial charge is 0.445 e. The van der Waals surface area contributed by atoms with E-state index in [-0.39, 0.29) is 16.7 Å². The van der Waals surface area contributed by atoms with Crippen LogP contribution < -0.4 is 5.56 Å². The van der Waals surface area contributed by atoms with E-state index in [1.165, 1.54) is 24.3 Å². The molecule has 0 unspecified atom stereocenters. The van der Waals surface area contributed by atoms with Crippen LogP contribution in [0.25, 0.3) is 28.7 Å². The summed E-state index contributed by atoms with van der Waals surface area (Å²) in [5.74, 6) is 0.563. The number of rotatable bonds is 3. The summed E-state index contributed by atoms with van der Waals surface area (Å²) in [4.78, 5) is 17.5. The molecule has 0 atom stereocenters. The fourth-order valence-electron chi connectivity index (χ4n) is 2.91. The lowest BCUT2D eigenvalue weighted by molar-refractivity contribution is -0.137. The van der Waals surface area contributed by atoms with Crippen molar-refractivity contribution in [3.8, 4) is 5.69 Å². The monoisotopic (exact) mass is 416 g/mol. The third kappa shape index (κ3) is 3.82. The smallest absolute Gasteiger partial charge is 0.416 e. The second-order valence-electron chi connectivity index (χ2n) is 6.15. The third-order valence-electron chi connectivity index (χ3n) is 4.22. The Bertz CT molecular complexity index is 1290. The number of halogens is 4. The van der Waals surface area contributed by atoms with Crippen molar-refractivity contribution in [2.24, 2.45) is 0 Å². The molecule has 4 nitrogen and oxygen atoms in total. The summed E-state index contributed by atoms with van der Waals surface area (Å²) < 4.78 is 45.9. The van der Waals surface area contributed by atoms with Gasteiger partial charge in [-0.3, -0.25) is 9.36 Å². The molecular formula is C21H12ClF3N2O2. The molecule has 0 N–H and O–H groups in total. The van der Waals surface area contributed by atoms with Crippen LogP contribution in [-0.2, 0) is 6.18 Å². The molecule has 0 bridgehead atoms. The van der Waals surface area contributed by atoms with Gasteiger partial charge in [0, 0.05) is 0 Å². The Labute approximate surface area is 167 Å². The average Bonchev–Trinajstić information content (AvgIpc) is 3.11. The highest BCUT2D eigenvalue weighted by molar-refractivity contribution is 6.28. The molecule has 0 fully saturated rings. The third-order valence-corrected chi connectivity index (χ3v) is 4.43. The first-order chi connectivity index (χ1) is 13.8. The van der Waals surface area contributed by atoms with E-state index in [2.05, 4.69) is 4.98 Å². The minimum Gasteiger partial charge on any atom is -0.445 e. The van der Waals surface area contributed by atoms with Crippen LogP contribution in [0.15, 0.2) is 69.9 Å². The number of alkyl halides is 3. The van der Waals surface area contributed by atoms with E-state index in [9.17, 15) is 18.0 Å². The Kier molecular flexibility index (Phi) is 4.76. The number of nitrogens with zero attached hydrogens (tertiary/aromatic N) is 2. The Morgan fingerprint density at radius 2 is 1.79 bits per heavy atom. The first kappa shape index (κ1) is 19.0. The Morgan fingerprint density at radius 3 is 2.52 bits per heavy atom. The summed E-state index contributed by atoms with van der Waals surface area (Å²) in [6, 6.07) is 14.3. The molecule has 2 aromatic carbocycles. The van der Waals surface area contributed by atoms with E-state index in [4.69, 9.17) is 16.0 Å². The van der Waals surface area contributed by atoms with Crippen LogP contribution in [0.4, 0.5) is 13.2 Å². The Balaban J connectivity index is 1.95. The van der Waals surface area contributed by atoms with Gasteiger partial charge in [-0.25, -0.2) is 4.98 Å². The fourth-order valence-corrected chi connectivity index (χ4v) is 3.06. The molecule has 2 aromatic heterocycles. The predicted octanol–water partition coefficient (Wildman–Crippen LogP) is 5.82. The topological polar surface area (TPSA) is 48.0 Å². The van der Waals surface area contributed by atoms with E-state index in [1.807, 2.05) is 0 Å². The van der Waals surface area contributed by atoms with Gasteiger partial charge in [0.1, 0.15) is 11.6 Å². The molecule has 0 amide bonds. The van der Waals surface area contributed by atoms with Gasteiger partial charge in [0.15, 0.2) is 5.22 Å². The highest BCUT2D eigenvalue weighted by atomic mass is 35.5. The van der Waals surface area contributed by atoms with Gasteiger partial charge in [-0.2, -0.15) is 13.2 Å². The Hall–Kier alpha value is -3.32. The predicted molar refractivity (Wildman–Crippen MR) is 105 cm³/mol. The summed E-state index contributed by atoms with van der Waals surface area (Å²) in [5.41, 5.74) is -0.854. The molecule has 0 spiro atoms. The van der Waals surface area contributed by atoms with E-state index in [0.29, 0.717) is 16.7 Å². The van der Waals surface area contributed by atoms with E-state index in [1.54, 1.807) is 36.4 Å². The Morgan fingerprint density at radius 1 is 1.00 bits per heavy atom. The summed E-state index contributed by atoms with van der Waals surface area (Å²) >= 11 is 5.75. The van der Waals surface area contributed by atoms with Crippen LogP contribution in [0, 0.1) is 0 Å². The van der Waals surface area contributed by atoms with Gasteiger partial charge in [0.2, 0.25) is 0 Å². The van der Waals surface area contributed by atoms with Crippen molar-refractivity contribution in [3.05, 3.63) is 93.4 Å². The highest BCUT2D eigenvalue weighted by Gasteiger charge is 2.30. The van der Waals surface area contributed by atoms with Gasteiger partial charge in [-0.1, -0.05) is 18.2 Å². The second kappa shape index (κ2) is 7.25. The molecule has 0 saturated heterocycles. The molecule has 0 aliphatic rings. The van der Waals surface area contributed by atoms with Gasteiger partial charge < -0.3 is 4.42 Å². The van der Waals surface area contributed by atoms with Crippen LogP contribution in [0.5, 0.6) is 0 Å². The van der Waals surface area contributed by atoms with Gasteiger partial charge in [0.25, 0.3) is 5.56 Å². The van der Waals surface area contributed by atoms with E-state index >= 15 is 0 Å². The van der Waals surface area contributed by atoms with Crippen molar-refractivity contribution in [2.75, 3.05) is 0 Å². The molecule has 29 heavy (non-hydrogen) atoms. The number of hydrogen-bond acceptors (Lipinski definition) is 3. The highest BCUT2D eigenvalue weighted by Crippen LogP contribution is 2.30. The lowest BCUT2D eigenvalue weighted by Gasteiger charge is -2.13. The van der Waals surface area contributed by atoms with Crippen LogP contribution in [0.2, 0.25) is 5.22 Å². The van der Waals surface area contributed by atoms with Gasteiger partial charge in [-0.15, -0.1) is 0 Å². The van der Waals surface area contributed by atoms with Crippen LogP contribution in [0.1, 0.15) is 17.1 Å². The molecule has 4 rings (SSSR count). The van der Waals surface area contributed by atoms with Gasteiger partial charge in [-0.05, 0) is 66.2 Å². The molecule has 0 radical (unpaired) electrons. The maximum absolute atomic E-state index is 13.2. The van der Waals surface area contributed by atoms with Gasteiger partial charge in [0.05, 0.1) is 22.2 Å². The standard InChI is InChI=1S/C21H12ClF3N2O2/c22-18-10-8-15(29-18)9-11-19-26-17-7-2-1-6-16(17)20(28)27(19)14-5-3-4-13(12-14)21(23,24)25/h1-12H. The summed E-state index contributed by atoms with van der Waals surface area (Å²) in [6.07, 6.45) is -1.51. The number of hydrogen-bond donors (Lipinski definition) is 0. The number of furan rings is 1. The molecule has 4 aromatic rings. The molecule has 0 aliphatic carbocycles. The van der Waals surface area contributed by atoms with Crippen LogP contribution in [-0.4, -0.2) is 9.55 Å². The summed E-state index contributed by atoms with van der Waals surface area (Å²) in [5, 5.41) is 0.481. The number of para-hydroxylation sites is 1. The summed E-state index contributed by atoms with van der Waals surface area (Å²) in [6.45, 7) is 0. The van der Waals surface area contributed by atoms with Crippen LogP contribution in [0.3, 0.4) is 0 Å². The van der Waals surface area contributed by atoms with Crippen molar-refractivity contribution in [2.45, 2.75) is 6.18 Å². The number of benzene rings is 2. The van der Waals surface area contributed by atoms with Crippen molar-refractivity contribution >= 4 is 34.7 Å². The lowest BCUT2D eigenvalue weighted by atomic mass is 10.1. The zero-order valence-electron chi connectivity index (χ0n) is 14.7. The fraction of sp³-hybridized carbons (Fsp3) is 0.0476. The SMILES string of the molecule is O=c1c2ccccc2nc(C=Cc2ccc(Cl)o2)n1-c1cccc(C(F)(F)F)c1. The minimum atomic E-state index is -4.54. The average molecular weight is 417 g/mol. The maximum atomic E-state index is 13.2. The molecular weight excluding hydrogens is 405 g/mol. The molecule has 8 heteroatoms. The zero-order valence-corrected chi connectivity index (χ0v) is 15.4. The lowest BCUT2D eigenvalue weighted by Crippen LogP contribution is -2.22. The second-order valence-corrected chi connectivity index (χ2v) is 6.52. The first-order valence-corrected chi connectivity index (χ1v) is 8.83. The van der Waals surface area contributed by atoms with E-state index < -0.39 is 17.3 Å². The van der Waals surface area contributed by atoms with Crippen molar-refractivity contribution in [3.63, 3.8) is 0 Å². The quantitative estimate of drug-likeness (QED) is 0.422. The van der Waals surface area contributed by atoms with Crippen LogP contribution >= 0.6 is 11.6 Å². The normalized spacial score (nSPS) is 12.1. The molecule has 146 valence electrons. The van der Waals surface area contributed by atoms with Crippen molar-refractivity contribution < 1.29 is 17.6 Å². The van der Waals surface area contributed by atoms with E-state index in [0.717, 1.165) is 16.7 Å². The van der Waals surface area contributed by atoms with Gasteiger partial charge >= 0.3 is 6.18 Å². The number of fused-ring (bicyclic) bond motifs is 1. The minimum absolute atomic E-state index is 0.0557. The zero-order chi connectivity index (χ0) is 20.6. The summed E-state index contributed by atoms with van der Waals surface area (Å²) in [7, 11) is 0. The van der Waals surface area contributed by atoms with Crippen molar-refractivity contribution in [1.82, 2.24) is 9.55 Å². The maximum Gasteiger partial charge on any atom is 0.416 e. The molecule has 2 heterocycles. The first-order valence-electron chi connectivity index (χ1n) is 8.46.